The molecule has 1 aromatic carbocycles. The maximum Gasteiger partial charge on any atom is 0.262 e. The van der Waals surface area contributed by atoms with Crippen LogP contribution in [-0.2, 0) is 10.0 Å². The molecule has 0 radical (unpaired) electrons. The van der Waals surface area contributed by atoms with Gasteiger partial charge in [-0.05, 0) is 18.2 Å². The van der Waals surface area contributed by atoms with E-state index >= 15 is 0 Å². The Morgan fingerprint density at radius 1 is 1.24 bits per heavy atom. The summed E-state index contributed by atoms with van der Waals surface area (Å²) >= 11 is 5.58. The molecule has 21 heavy (non-hydrogen) atoms. The molecular weight excluding hydrogens is 319 g/mol. The van der Waals surface area contributed by atoms with Crippen LogP contribution in [-0.4, -0.2) is 32.5 Å². The lowest BCUT2D eigenvalue weighted by molar-refractivity contribution is 0.599. The fraction of sp³-hybridized carbons (Fsp3) is 0.167. The molecule has 112 valence electrons. The summed E-state index contributed by atoms with van der Waals surface area (Å²) in [4.78, 5) is 9.51. The van der Waals surface area contributed by atoms with Crippen LogP contribution < -0.4 is 9.62 Å². The smallest absolute Gasteiger partial charge is 0.262 e. The van der Waals surface area contributed by atoms with Gasteiger partial charge in [0.15, 0.2) is 0 Å². The predicted octanol–water partition coefficient (Wildman–Crippen LogP) is 2.14. The van der Waals surface area contributed by atoms with Crippen LogP contribution in [0.5, 0.6) is 0 Å². The number of halogens is 2. The molecule has 9 heteroatoms. The van der Waals surface area contributed by atoms with E-state index in [2.05, 4.69) is 14.7 Å². The summed E-state index contributed by atoms with van der Waals surface area (Å²) in [5, 5.41) is -0.267. The van der Waals surface area contributed by atoms with Crippen LogP contribution in [0.2, 0.25) is 5.02 Å². The van der Waals surface area contributed by atoms with Gasteiger partial charge >= 0.3 is 0 Å². The lowest BCUT2D eigenvalue weighted by Crippen LogP contribution is -2.15. The van der Waals surface area contributed by atoms with Gasteiger partial charge in [0.2, 0.25) is 5.95 Å². The fourth-order valence-electron chi connectivity index (χ4n) is 1.46. The van der Waals surface area contributed by atoms with Gasteiger partial charge in [-0.25, -0.2) is 22.8 Å². The van der Waals surface area contributed by atoms with Gasteiger partial charge in [-0.1, -0.05) is 11.6 Å². The Morgan fingerprint density at radius 3 is 2.38 bits per heavy atom. The fourth-order valence-corrected chi connectivity index (χ4v) is 2.76. The van der Waals surface area contributed by atoms with E-state index in [0.717, 1.165) is 18.2 Å². The van der Waals surface area contributed by atoms with Gasteiger partial charge in [-0.2, -0.15) is 0 Å². The van der Waals surface area contributed by atoms with Crippen LogP contribution in [0.4, 0.5) is 16.0 Å². The molecule has 1 aromatic heterocycles. The molecule has 6 nitrogen and oxygen atoms in total. The van der Waals surface area contributed by atoms with Crippen LogP contribution in [0.25, 0.3) is 0 Å². The first-order chi connectivity index (χ1) is 9.79. The average molecular weight is 331 g/mol. The highest BCUT2D eigenvalue weighted by Crippen LogP contribution is 2.21. The Kier molecular flexibility index (Phi) is 4.29. The monoisotopic (exact) mass is 330 g/mol. The third kappa shape index (κ3) is 3.59. The number of aromatic nitrogens is 2. The number of sulfonamides is 1. The molecule has 1 N–H and O–H groups in total. The Hall–Kier alpha value is -1.93. The minimum Gasteiger partial charge on any atom is -0.347 e. The van der Waals surface area contributed by atoms with Crippen molar-refractivity contribution in [1.29, 1.82) is 0 Å². The molecule has 0 unspecified atom stereocenters. The van der Waals surface area contributed by atoms with Gasteiger partial charge in [0.25, 0.3) is 10.0 Å². The van der Waals surface area contributed by atoms with Crippen LogP contribution in [0, 0.1) is 5.82 Å². The van der Waals surface area contributed by atoms with Crippen LogP contribution >= 0.6 is 11.6 Å². The maximum atomic E-state index is 13.1. The van der Waals surface area contributed by atoms with E-state index in [4.69, 9.17) is 11.6 Å². The van der Waals surface area contributed by atoms with Crippen LogP contribution in [0.3, 0.4) is 0 Å². The van der Waals surface area contributed by atoms with Crippen molar-refractivity contribution in [1.82, 2.24) is 9.97 Å². The van der Waals surface area contributed by atoms with Crippen molar-refractivity contribution in [3.8, 4) is 0 Å². The molecule has 0 saturated heterocycles. The van der Waals surface area contributed by atoms with Crippen molar-refractivity contribution in [3.05, 3.63) is 41.4 Å². The first-order valence-electron chi connectivity index (χ1n) is 5.77. The number of benzene rings is 1. The maximum absolute atomic E-state index is 13.1. The Bertz CT molecular complexity index is 750. The highest BCUT2D eigenvalue weighted by atomic mass is 35.5. The lowest BCUT2D eigenvalue weighted by atomic mass is 10.3. The minimum absolute atomic E-state index is 0.148. The molecule has 0 atom stereocenters. The van der Waals surface area contributed by atoms with Crippen molar-refractivity contribution >= 4 is 33.3 Å². The van der Waals surface area contributed by atoms with E-state index in [0.29, 0.717) is 5.95 Å². The molecule has 0 amide bonds. The minimum atomic E-state index is -3.88. The summed E-state index contributed by atoms with van der Waals surface area (Å²) in [5.74, 6) is -0.239. The van der Waals surface area contributed by atoms with Crippen molar-refractivity contribution < 1.29 is 12.8 Å². The molecule has 0 aliphatic carbocycles. The number of hydrogen-bond acceptors (Lipinski definition) is 5. The topological polar surface area (TPSA) is 75.2 Å². The summed E-state index contributed by atoms with van der Waals surface area (Å²) in [5.41, 5.74) is 0.195. The van der Waals surface area contributed by atoms with Gasteiger partial charge < -0.3 is 4.90 Å². The lowest BCUT2D eigenvalue weighted by Gasteiger charge is -2.11. The standard InChI is InChI=1S/C12H12ClFN4O2S/c1-18(2)12-15-6-8(7-16-12)17-21(19,20)9-3-4-11(14)10(13)5-9/h3-7,17H,1-2H3. The number of nitrogens with one attached hydrogen (secondary N) is 1. The van der Waals surface area contributed by atoms with Crippen LogP contribution in [0.15, 0.2) is 35.5 Å². The van der Waals surface area contributed by atoms with E-state index in [-0.39, 0.29) is 15.6 Å². The van der Waals surface area contributed by atoms with E-state index in [9.17, 15) is 12.8 Å². The van der Waals surface area contributed by atoms with Crippen molar-refractivity contribution in [3.63, 3.8) is 0 Å². The molecule has 0 bridgehead atoms. The first kappa shape index (κ1) is 15.5. The van der Waals surface area contributed by atoms with E-state index in [1.165, 1.54) is 12.4 Å². The molecule has 0 saturated carbocycles. The predicted molar refractivity (Wildman–Crippen MR) is 78.6 cm³/mol. The molecule has 0 aliphatic rings. The van der Waals surface area contributed by atoms with Crippen molar-refractivity contribution in [2.24, 2.45) is 0 Å². The second kappa shape index (κ2) is 5.82. The van der Waals surface area contributed by atoms with Gasteiger partial charge in [0.05, 0.1) is 28.0 Å². The number of rotatable bonds is 4. The van der Waals surface area contributed by atoms with Crippen molar-refractivity contribution in [2.75, 3.05) is 23.7 Å². The summed E-state index contributed by atoms with van der Waals surface area (Å²) in [6.45, 7) is 0. The third-order valence-electron chi connectivity index (χ3n) is 2.49. The second-order valence-electron chi connectivity index (χ2n) is 4.35. The van der Waals surface area contributed by atoms with E-state index in [1.54, 1.807) is 19.0 Å². The van der Waals surface area contributed by atoms with Gasteiger partial charge in [-0.3, -0.25) is 4.72 Å². The summed E-state index contributed by atoms with van der Waals surface area (Å²) in [6, 6.07) is 3.15. The second-order valence-corrected chi connectivity index (χ2v) is 6.44. The highest BCUT2D eigenvalue weighted by Gasteiger charge is 2.16. The van der Waals surface area contributed by atoms with Gasteiger partial charge in [0, 0.05) is 14.1 Å². The Morgan fingerprint density at radius 2 is 1.86 bits per heavy atom. The molecule has 2 rings (SSSR count). The normalized spacial score (nSPS) is 11.2. The molecular formula is C12H12ClFN4O2S. The van der Waals surface area contributed by atoms with Gasteiger partial charge in [0.1, 0.15) is 5.82 Å². The largest absolute Gasteiger partial charge is 0.347 e. The van der Waals surface area contributed by atoms with Crippen molar-refractivity contribution in [2.45, 2.75) is 4.90 Å². The highest BCUT2D eigenvalue weighted by molar-refractivity contribution is 7.92. The quantitative estimate of drug-likeness (QED) is 0.929. The Balaban J connectivity index is 2.26. The SMILES string of the molecule is CN(C)c1ncc(NS(=O)(=O)c2ccc(F)c(Cl)c2)cn1. The zero-order valence-electron chi connectivity index (χ0n) is 11.2. The Labute approximate surface area is 126 Å². The third-order valence-corrected chi connectivity index (χ3v) is 4.16. The zero-order chi connectivity index (χ0) is 15.6. The van der Waals surface area contributed by atoms with E-state index < -0.39 is 15.8 Å². The summed E-state index contributed by atoms with van der Waals surface area (Å²) in [7, 11) is -0.353. The first-order valence-corrected chi connectivity index (χ1v) is 7.63. The molecule has 2 aromatic rings. The molecule has 0 fully saturated rings. The molecule has 1 heterocycles. The molecule has 0 spiro atoms. The number of hydrogen-bond donors (Lipinski definition) is 1. The average Bonchev–Trinajstić information content (AvgIpc) is 2.42. The number of anilines is 2. The summed E-state index contributed by atoms with van der Waals surface area (Å²) < 4.78 is 39.6. The van der Waals surface area contributed by atoms with E-state index in [1.807, 2.05) is 0 Å². The van der Waals surface area contributed by atoms with Gasteiger partial charge in [-0.15, -0.1) is 0 Å². The summed E-state index contributed by atoms with van der Waals surface area (Å²) in [6.07, 6.45) is 2.68. The molecule has 0 aliphatic heterocycles. The zero-order valence-corrected chi connectivity index (χ0v) is 12.8. The number of nitrogens with zero attached hydrogens (tertiary/aromatic N) is 3. The van der Waals surface area contributed by atoms with Crippen LogP contribution in [0.1, 0.15) is 0 Å².